The summed E-state index contributed by atoms with van der Waals surface area (Å²) in [7, 11) is 0. The number of hydrogen-bond donors (Lipinski definition) is 1. The Bertz CT molecular complexity index is 209. The van der Waals surface area contributed by atoms with Crippen LogP contribution in [0.2, 0.25) is 0 Å². The summed E-state index contributed by atoms with van der Waals surface area (Å²) in [5.41, 5.74) is 0. The summed E-state index contributed by atoms with van der Waals surface area (Å²) < 4.78 is 0.915. The number of aromatic nitrogens is 2. The Morgan fingerprint density at radius 1 is 1.45 bits per heavy atom. The first kappa shape index (κ1) is 8.62. The fourth-order valence-corrected chi connectivity index (χ4v) is 0.872. The van der Waals surface area contributed by atoms with Gasteiger partial charge in [-0.2, -0.15) is 0 Å². The molecule has 11 heavy (non-hydrogen) atoms. The molecule has 1 rings (SSSR count). The molecule has 4 heteroatoms. The van der Waals surface area contributed by atoms with Gasteiger partial charge >= 0.3 is 0 Å². The van der Waals surface area contributed by atoms with E-state index in [-0.39, 0.29) is 0 Å². The predicted octanol–water partition coefficient (Wildman–Crippen LogP) is 1.35. The highest BCUT2D eigenvalue weighted by molar-refractivity contribution is 9.10. The van der Waals surface area contributed by atoms with Gasteiger partial charge in [0.15, 0.2) is 0 Å². The number of nitrogens with zero attached hydrogens (tertiary/aromatic N) is 2. The molecule has 1 aromatic heterocycles. The highest BCUT2D eigenvalue weighted by atomic mass is 79.9. The predicted molar refractivity (Wildman–Crippen MR) is 47.1 cm³/mol. The van der Waals surface area contributed by atoms with Gasteiger partial charge in [-0.1, -0.05) is 6.92 Å². The van der Waals surface area contributed by atoms with Crippen molar-refractivity contribution in [2.45, 2.75) is 13.5 Å². The first-order chi connectivity index (χ1) is 5.33. The van der Waals surface area contributed by atoms with Gasteiger partial charge in [0.2, 0.25) is 0 Å². The van der Waals surface area contributed by atoms with Crippen LogP contribution < -0.4 is 5.32 Å². The molecule has 0 saturated carbocycles. The van der Waals surface area contributed by atoms with Crippen LogP contribution in [0.4, 0.5) is 0 Å². The molecule has 1 N–H and O–H groups in total. The lowest BCUT2D eigenvalue weighted by Gasteiger charge is -1.98. The van der Waals surface area contributed by atoms with Crippen LogP contribution in [0.1, 0.15) is 12.7 Å². The standard InChI is InChI=1S/C7H10BrN3/c1-2-9-5-7-10-3-6(8)4-11-7/h3-4,9H,2,5H2,1H3. The molecule has 0 saturated heterocycles. The third-order valence-electron chi connectivity index (χ3n) is 1.21. The molecule has 0 unspecified atom stereocenters. The number of halogens is 1. The second-order valence-corrected chi connectivity index (χ2v) is 3.01. The highest BCUT2D eigenvalue weighted by Crippen LogP contribution is 2.03. The first-order valence-corrected chi connectivity index (χ1v) is 4.29. The van der Waals surface area contributed by atoms with Crippen LogP contribution in [0, 0.1) is 0 Å². The van der Waals surface area contributed by atoms with Crippen molar-refractivity contribution in [3.63, 3.8) is 0 Å². The van der Waals surface area contributed by atoms with Gasteiger partial charge in [0.05, 0.1) is 11.0 Å². The van der Waals surface area contributed by atoms with E-state index >= 15 is 0 Å². The maximum Gasteiger partial charge on any atom is 0.142 e. The quantitative estimate of drug-likeness (QED) is 0.828. The SMILES string of the molecule is CCNCc1ncc(Br)cn1. The summed E-state index contributed by atoms with van der Waals surface area (Å²) in [6, 6.07) is 0. The monoisotopic (exact) mass is 215 g/mol. The summed E-state index contributed by atoms with van der Waals surface area (Å²) in [5.74, 6) is 0.829. The van der Waals surface area contributed by atoms with Gasteiger partial charge in [-0.05, 0) is 22.5 Å². The Morgan fingerprint density at radius 2 is 2.09 bits per heavy atom. The first-order valence-electron chi connectivity index (χ1n) is 3.50. The Labute approximate surface area is 74.4 Å². The molecule has 0 aromatic carbocycles. The zero-order valence-electron chi connectivity index (χ0n) is 6.34. The Balaban J connectivity index is 2.52. The number of rotatable bonds is 3. The van der Waals surface area contributed by atoms with E-state index in [1.54, 1.807) is 12.4 Å². The Kier molecular flexibility index (Phi) is 3.45. The number of hydrogen-bond acceptors (Lipinski definition) is 3. The Morgan fingerprint density at radius 3 is 2.64 bits per heavy atom. The van der Waals surface area contributed by atoms with Crippen LogP contribution in [-0.2, 0) is 6.54 Å². The van der Waals surface area contributed by atoms with Crippen molar-refractivity contribution in [2.75, 3.05) is 6.54 Å². The minimum atomic E-state index is 0.740. The third-order valence-corrected chi connectivity index (χ3v) is 1.62. The molecule has 0 aliphatic carbocycles. The molecule has 0 atom stereocenters. The molecule has 0 radical (unpaired) electrons. The zero-order chi connectivity index (χ0) is 8.10. The van der Waals surface area contributed by atoms with Crippen molar-refractivity contribution in [3.05, 3.63) is 22.7 Å². The van der Waals surface area contributed by atoms with Gasteiger partial charge in [0.25, 0.3) is 0 Å². The molecule has 0 aliphatic heterocycles. The van der Waals surface area contributed by atoms with E-state index in [2.05, 4.69) is 38.1 Å². The van der Waals surface area contributed by atoms with E-state index in [9.17, 15) is 0 Å². The van der Waals surface area contributed by atoms with Crippen LogP contribution in [0.5, 0.6) is 0 Å². The van der Waals surface area contributed by atoms with Crippen molar-refractivity contribution in [1.82, 2.24) is 15.3 Å². The van der Waals surface area contributed by atoms with Gasteiger partial charge in [-0.15, -0.1) is 0 Å². The van der Waals surface area contributed by atoms with Crippen molar-refractivity contribution < 1.29 is 0 Å². The summed E-state index contributed by atoms with van der Waals surface area (Å²) in [4.78, 5) is 8.19. The molecule has 1 heterocycles. The van der Waals surface area contributed by atoms with Crippen LogP contribution in [-0.4, -0.2) is 16.5 Å². The van der Waals surface area contributed by atoms with Crippen molar-refractivity contribution in [1.29, 1.82) is 0 Å². The summed E-state index contributed by atoms with van der Waals surface area (Å²) in [6.07, 6.45) is 3.50. The minimum absolute atomic E-state index is 0.740. The Hall–Kier alpha value is -0.480. The molecule has 1 aromatic rings. The van der Waals surface area contributed by atoms with Crippen LogP contribution in [0.25, 0.3) is 0 Å². The second-order valence-electron chi connectivity index (χ2n) is 2.10. The summed E-state index contributed by atoms with van der Waals surface area (Å²) >= 11 is 3.27. The average Bonchev–Trinajstić information content (AvgIpc) is 2.04. The van der Waals surface area contributed by atoms with Crippen LogP contribution in [0.15, 0.2) is 16.9 Å². The van der Waals surface area contributed by atoms with E-state index in [0.29, 0.717) is 0 Å². The van der Waals surface area contributed by atoms with Crippen molar-refractivity contribution in [2.24, 2.45) is 0 Å². The number of nitrogens with one attached hydrogen (secondary N) is 1. The minimum Gasteiger partial charge on any atom is -0.310 e. The fraction of sp³-hybridized carbons (Fsp3) is 0.429. The molecular formula is C7H10BrN3. The van der Waals surface area contributed by atoms with Crippen LogP contribution in [0.3, 0.4) is 0 Å². The molecule has 0 aliphatic rings. The van der Waals surface area contributed by atoms with Gasteiger partial charge < -0.3 is 5.32 Å². The maximum absolute atomic E-state index is 4.10. The smallest absolute Gasteiger partial charge is 0.142 e. The van der Waals surface area contributed by atoms with E-state index < -0.39 is 0 Å². The summed E-state index contributed by atoms with van der Waals surface area (Å²) in [6.45, 7) is 3.74. The van der Waals surface area contributed by atoms with E-state index in [1.165, 1.54) is 0 Å². The van der Waals surface area contributed by atoms with Crippen LogP contribution >= 0.6 is 15.9 Å². The zero-order valence-corrected chi connectivity index (χ0v) is 7.93. The van der Waals surface area contributed by atoms with Gasteiger partial charge in [0, 0.05) is 12.4 Å². The summed E-state index contributed by atoms with van der Waals surface area (Å²) in [5, 5.41) is 3.14. The van der Waals surface area contributed by atoms with E-state index in [4.69, 9.17) is 0 Å². The molecular weight excluding hydrogens is 206 g/mol. The third kappa shape index (κ3) is 2.95. The topological polar surface area (TPSA) is 37.8 Å². The lowest BCUT2D eigenvalue weighted by atomic mass is 10.5. The van der Waals surface area contributed by atoms with Gasteiger partial charge in [-0.25, -0.2) is 9.97 Å². The average molecular weight is 216 g/mol. The van der Waals surface area contributed by atoms with Crippen molar-refractivity contribution >= 4 is 15.9 Å². The molecule has 0 spiro atoms. The maximum atomic E-state index is 4.10. The molecule has 60 valence electrons. The largest absolute Gasteiger partial charge is 0.310 e. The van der Waals surface area contributed by atoms with Crippen molar-refractivity contribution in [3.8, 4) is 0 Å². The molecule has 3 nitrogen and oxygen atoms in total. The highest BCUT2D eigenvalue weighted by Gasteiger charge is 1.92. The molecule has 0 amide bonds. The fourth-order valence-electron chi connectivity index (χ4n) is 0.667. The van der Waals surface area contributed by atoms with E-state index in [1.807, 2.05) is 0 Å². The molecule has 0 fully saturated rings. The van der Waals surface area contributed by atoms with Gasteiger partial charge in [0.1, 0.15) is 5.82 Å². The van der Waals surface area contributed by atoms with Gasteiger partial charge in [-0.3, -0.25) is 0 Å². The lowest BCUT2D eigenvalue weighted by Crippen LogP contribution is -2.13. The second kappa shape index (κ2) is 4.41. The molecule has 0 bridgehead atoms. The lowest BCUT2D eigenvalue weighted by molar-refractivity contribution is 0.689. The normalized spacial score (nSPS) is 10.0. The van der Waals surface area contributed by atoms with E-state index in [0.717, 1.165) is 23.4 Å².